The van der Waals surface area contributed by atoms with Crippen molar-refractivity contribution in [1.82, 2.24) is 0 Å². The Kier molecular flexibility index (Phi) is 5.78. The van der Waals surface area contributed by atoms with Crippen molar-refractivity contribution in [3.05, 3.63) is 40.3 Å². The maximum Gasteiger partial charge on any atom is 0.341 e. The lowest BCUT2D eigenvalue weighted by Gasteiger charge is -2.18. The van der Waals surface area contributed by atoms with Crippen LogP contribution in [0.4, 0.5) is 5.00 Å². The number of nitrogens with one attached hydrogen (secondary N) is 1. The molecule has 0 aliphatic carbocycles. The fourth-order valence-corrected chi connectivity index (χ4v) is 3.62. The van der Waals surface area contributed by atoms with Crippen LogP contribution in [0.3, 0.4) is 0 Å². The average molecular weight is 375 g/mol. The van der Waals surface area contributed by atoms with Gasteiger partial charge in [0.2, 0.25) is 5.91 Å². The van der Waals surface area contributed by atoms with Gasteiger partial charge >= 0.3 is 5.97 Å². The molecule has 2 heterocycles. The Morgan fingerprint density at radius 3 is 2.65 bits per heavy atom. The number of rotatable bonds is 6. The number of benzene rings is 1. The number of aryl methyl sites for hydroxylation is 1. The minimum Gasteiger partial charge on any atom is -0.486 e. The van der Waals surface area contributed by atoms with Crippen LogP contribution in [0.1, 0.15) is 34.6 Å². The minimum absolute atomic E-state index is 0.179. The molecule has 0 unspecified atom stereocenters. The zero-order chi connectivity index (χ0) is 18.5. The van der Waals surface area contributed by atoms with Gasteiger partial charge in [0.1, 0.15) is 18.2 Å². The van der Waals surface area contributed by atoms with Crippen LogP contribution >= 0.6 is 11.3 Å². The first-order valence-corrected chi connectivity index (χ1v) is 9.40. The first-order chi connectivity index (χ1) is 12.6. The molecule has 1 aromatic carbocycles. The molecule has 1 aliphatic heterocycles. The molecular formula is C19H21NO5S. The van der Waals surface area contributed by atoms with Gasteiger partial charge < -0.3 is 19.5 Å². The molecule has 1 N–H and O–H groups in total. The van der Waals surface area contributed by atoms with Gasteiger partial charge in [0, 0.05) is 4.88 Å². The number of fused-ring (bicyclic) bond motifs is 1. The Bertz CT molecular complexity index is 814. The molecule has 0 saturated heterocycles. The largest absolute Gasteiger partial charge is 0.486 e. The second-order valence-corrected chi connectivity index (χ2v) is 6.87. The molecule has 0 bridgehead atoms. The Hall–Kier alpha value is -2.54. The summed E-state index contributed by atoms with van der Waals surface area (Å²) in [5.41, 5.74) is 1.22. The van der Waals surface area contributed by atoms with Gasteiger partial charge in [-0.1, -0.05) is 13.0 Å². The van der Waals surface area contributed by atoms with Gasteiger partial charge in [0.05, 0.1) is 18.6 Å². The van der Waals surface area contributed by atoms with E-state index >= 15 is 0 Å². The van der Waals surface area contributed by atoms with E-state index in [0.29, 0.717) is 41.9 Å². The van der Waals surface area contributed by atoms with Crippen molar-refractivity contribution in [2.75, 3.05) is 25.1 Å². The monoisotopic (exact) mass is 375 g/mol. The first-order valence-electron chi connectivity index (χ1n) is 8.59. The molecule has 1 aliphatic rings. The van der Waals surface area contributed by atoms with Crippen LogP contribution in [0.15, 0.2) is 24.3 Å². The molecule has 26 heavy (non-hydrogen) atoms. The topological polar surface area (TPSA) is 73.9 Å². The van der Waals surface area contributed by atoms with Crippen LogP contribution in [-0.4, -0.2) is 31.7 Å². The molecule has 0 saturated carbocycles. The SMILES string of the molecule is CCOC(=O)c1cc(CC)sc1NC(=O)Cc1ccc2c(c1)OCCO2. The summed E-state index contributed by atoms with van der Waals surface area (Å²) < 4.78 is 16.1. The second kappa shape index (κ2) is 8.23. The highest BCUT2D eigenvalue weighted by Gasteiger charge is 2.19. The highest BCUT2D eigenvalue weighted by molar-refractivity contribution is 7.16. The van der Waals surface area contributed by atoms with Crippen LogP contribution in [0.5, 0.6) is 11.5 Å². The van der Waals surface area contributed by atoms with E-state index in [-0.39, 0.29) is 12.3 Å². The van der Waals surface area contributed by atoms with E-state index in [1.54, 1.807) is 13.0 Å². The van der Waals surface area contributed by atoms with Crippen molar-refractivity contribution in [3.8, 4) is 11.5 Å². The summed E-state index contributed by atoms with van der Waals surface area (Å²) in [5, 5.41) is 3.37. The smallest absolute Gasteiger partial charge is 0.341 e. The van der Waals surface area contributed by atoms with E-state index in [9.17, 15) is 9.59 Å². The molecule has 0 radical (unpaired) electrons. The molecule has 2 aromatic rings. The summed E-state index contributed by atoms with van der Waals surface area (Å²) in [7, 11) is 0. The molecule has 1 amide bonds. The Balaban J connectivity index is 1.72. The summed E-state index contributed by atoms with van der Waals surface area (Å²) in [6.45, 7) is 5.08. The van der Waals surface area contributed by atoms with Crippen molar-refractivity contribution < 1.29 is 23.8 Å². The molecule has 138 valence electrons. The quantitative estimate of drug-likeness (QED) is 0.783. The predicted octanol–water partition coefficient (Wildman–Crippen LogP) is 3.44. The van der Waals surface area contributed by atoms with E-state index in [1.807, 2.05) is 25.1 Å². The first kappa shape index (κ1) is 18.3. The number of carbonyl (C=O) groups is 2. The van der Waals surface area contributed by atoms with Crippen LogP contribution in [-0.2, 0) is 22.4 Å². The maximum atomic E-state index is 12.5. The lowest BCUT2D eigenvalue weighted by Crippen LogP contribution is -2.17. The van der Waals surface area contributed by atoms with Crippen LogP contribution in [0, 0.1) is 0 Å². The van der Waals surface area contributed by atoms with Crippen molar-refractivity contribution in [2.24, 2.45) is 0 Å². The van der Waals surface area contributed by atoms with E-state index < -0.39 is 5.97 Å². The van der Waals surface area contributed by atoms with Gasteiger partial charge in [-0.2, -0.15) is 0 Å². The number of hydrogen-bond acceptors (Lipinski definition) is 6. The van der Waals surface area contributed by atoms with E-state index in [2.05, 4.69) is 5.32 Å². The summed E-state index contributed by atoms with van der Waals surface area (Å²) >= 11 is 1.40. The lowest BCUT2D eigenvalue weighted by atomic mass is 10.1. The molecule has 7 heteroatoms. The molecule has 0 atom stereocenters. The van der Waals surface area contributed by atoms with Gasteiger partial charge in [-0.15, -0.1) is 11.3 Å². The van der Waals surface area contributed by atoms with Crippen LogP contribution < -0.4 is 14.8 Å². The third kappa shape index (κ3) is 4.16. The average Bonchev–Trinajstić information content (AvgIpc) is 3.04. The summed E-state index contributed by atoms with van der Waals surface area (Å²) in [6.07, 6.45) is 0.966. The number of carbonyl (C=O) groups excluding carboxylic acids is 2. The highest BCUT2D eigenvalue weighted by Crippen LogP contribution is 2.32. The van der Waals surface area contributed by atoms with E-state index in [0.717, 1.165) is 16.9 Å². The van der Waals surface area contributed by atoms with Crippen LogP contribution in [0.25, 0.3) is 0 Å². The van der Waals surface area contributed by atoms with Crippen LogP contribution in [0.2, 0.25) is 0 Å². The third-order valence-corrected chi connectivity index (χ3v) is 5.05. The predicted molar refractivity (Wildman–Crippen MR) is 99.4 cm³/mol. The van der Waals surface area contributed by atoms with Gasteiger partial charge in [-0.3, -0.25) is 4.79 Å². The fraction of sp³-hybridized carbons (Fsp3) is 0.368. The van der Waals surface area contributed by atoms with Crippen molar-refractivity contribution >= 4 is 28.2 Å². The molecular weight excluding hydrogens is 354 g/mol. The van der Waals surface area contributed by atoms with Crippen molar-refractivity contribution in [1.29, 1.82) is 0 Å². The van der Waals surface area contributed by atoms with Gasteiger partial charge in [-0.25, -0.2) is 4.79 Å². The van der Waals surface area contributed by atoms with Gasteiger partial charge in [0.15, 0.2) is 11.5 Å². The number of esters is 1. The maximum absolute atomic E-state index is 12.5. The number of thiophene rings is 1. The lowest BCUT2D eigenvalue weighted by molar-refractivity contribution is -0.115. The highest BCUT2D eigenvalue weighted by atomic mass is 32.1. The zero-order valence-corrected chi connectivity index (χ0v) is 15.6. The van der Waals surface area contributed by atoms with E-state index in [4.69, 9.17) is 14.2 Å². The molecule has 0 fully saturated rings. The van der Waals surface area contributed by atoms with Gasteiger partial charge in [-0.05, 0) is 37.1 Å². The molecule has 1 aromatic heterocycles. The molecule has 0 spiro atoms. The summed E-state index contributed by atoms with van der Waals surface area (Å²) in [6, 6.07) is 7.24. The zero-order valence-electron chi connectivity index (χ0n) is 14.8. The summed E-state index contributed by atoms with van der Waals surface area (Å²) in [5.74, 6) is 0.726. The number of hydrogen-bond donors (Lipinski definition) is 1. The Morgan fingerprint density at radius 2 is 1.92 bits per heavy atom. The number of anilines is 1. The van der Waals surface area contributed by atoms with Gasteiger partial charge in [0.25, 0.3) is 0 Å². The summed E-state index contributed by atoms with van der Waals surface area (Å²) in [4.78, 5) is 25.6. The molecule has 6 nitrogen and oxygen atoms in total. The van der Waals surface area contributed by atoms with Crippen molar-refractivity contribution in [2.45, 2.75) is 26.7 Å². The Labute approximate surface area is 156 Å². The number of amides is 1. The Morgan fingerprint density at radius 1 is 1.15 bits per heavy atom. The van der Waals surface area contributed by atoms with E-state index in [1.165, 1.54) is 11.3 Å². The normalized spacial score (nSPS) is 12.5. The molecule has 3 rings (SSSR count). The van der Waals surface area contributed by atoms with Crippen molar-refractivity contribution in [3.63, 3.8) is 0 Å². The second-order valence-electron chi connectivity index (χ2n) is 5.73. The third-order valence-electron chi connectivity index (χ3n) is 3.85. The minimum atomic E-state index is -0.418. The number of ether oxygens (including phenoxy) is 3. The fourth-order valence-electron chi connectivity index (χ4n) is 2.62. The standard InChI is InChI=1S/C19H21NO5S/c1-3-13-11-14(19(22)23-4-2)18(26-13)20-17(21)10-12-5-6-15-16(9-12)25-8-7-24-15/h5-6,9,11H,3-4,7-8,10H2,1-2H3,(H,20,21).